The van der Waals surface area contributed by atoms with E-state index < -0.39 is 0 Å². The van der Waals surface area contributed by atoms with Gasteiger partial charge in [-0.25, -0.2) is 4.79 Å². The predicted octanol–water partition coefficient (Wildman–Crippen LogP) is 3.30. The Morgan fingerprint density at radius 3 is 2.40 bits per heavy atom. The highest BCUT2D eigenvalue weighted by Crippen LogP contribution is 2.23. The molecule has 2 fully saturated rings. The van der Waals surface area contributed by atoms with E-state index in [0.717, 1.165) is 44.7 Å². The van der Waals surface area contributed by atoms with E-state index in [1.165, 1.54) is 24.9 Å². The highest BCUT2D eigenvalue weighted by atomic mass is 16.2. The molecular formula is C16H23N3O. The summed E-state index contributed by atoms with van der Waals surface area (Å²) in [6.45, 7) is 4.03. The van der Waals surface area contributed by atoms with Gasteiger partial charge in [-0.15, -0.1) is 0 Å². The summed E-state index contributed by atoms with van der Waals surface area (Å²) < 4.78 is 0. The molecule has 0 atom stereocenters. The summed E-state index contributed by atoms with van der Waals surface area (Å²) >= 11 is 0. The Morgan fingerprint density at radius 1 is 0.950 bits per heavy atom. The number of hydrogen-bond donors (Lipinski definition) is 1. The molecule has 0 aliphatic carbocycles. The van der Waals surface area contributed by atoms with E-state index in [2.05, 4.69) is 22.3 Å². The molecule has 0 saturated carbocycles. The zero-order chi connectivity index (χ0) is 13.8. The van der Waals surface area contributed by atoms with Gasteiger partial charge in [0.15, 0.2) is 0 Å². The molecule has 2 aliphatic rings. The maximum atomic E-state index is 12.1. The van der Waals surface area contributed by atoms with Crippen molar-refractivity contribution >= 4 is 17.4 Å². The van der Waals surface area contributed by atoms with E-state index >= 15 is 0 Å². The van der Waals surface area contributed by atoms with Gasteiger partial charge in [-0.3, -0.25) is 0 Å². The average Bonchev–Trinajstić information content (AvgIpc) is 3.03. The van der Waals surface area contributed by atoms with Crippen LogP contribution in [0.3, 0.4) is 0 Å². The normalized spacial score (nSPS) is 19.2. The molecule has 20 heavy (non-hydrogen) atoms. The molecule has 0 unspecified atom stereocenters. The van der Waals surface area contributed by atoms with Crippen molar-refractivity contribution < 1.29 is 4.79 Å². The fourth-order valence-electron chi connectivity index (χ4n) is 3.06. The SMILES string of the molecule is O=C(Nc1cccc(N2CCCCC2)c1)N1CCCC1. The molecule has 0 bridgehead atoms. The summed E-state index contributed by atoms with van der Waals surface area (Å²) in [7, 11) is 0. The van der Waals surface area contributed by atoms with Gasteiger partial charge in [-0.1, -0.05) is 6.07 Å². The van der Waals surface area contributed by atoms with Gasteiger partial charge in [-0.05, 0) is 50.3 Å². The van der Waals surface area contributed by atoms with Crippen molar-refractivity contribution in [1.29, 1.82) is 0 Å². The van der Waals surface area contributed by atoms with Crippen LogP contribution in [0.15, 0.2) is 24.3 Å². The quantitative estimate of drug-likeness (QED) is 0.897. The molecule has 2 heterocycles. The third-order valence-corrected chi connectivity index (χ3v) is 4.21. The number of carbonyl (C=O) groups is 1. The number of urea groups is 1. The van der Waals surface area contributed by atoms with Crippen LogP contribution in [0, 0.1) is 0 Å². The Hall–Kier alpha value is -1.71. The number of nitrogens with zero attached hydrogens (tertiary/aromatic N) is 2. The first-order valence-corrected chi connectivity index (χ1v) is 7.74. The lowest BCUT2D eigenvalue weighted by Crippen LogP contribution is -2.32. The molecule has 1 N–H and O–H groups in total. The third-order valence-electron chi connectivity index (χ3n) is 4.21. The molecule has 2 aliphatic heterocycles. The molecule has 1 aromatic rings. The minimum Gasteiger partial charge on any atom is -0.371 e. The second-order valence-electron chi connectivity index (χ2n) is 5.72. The number of benzene rings is 1. The van der Waals surface area contributed by atoms with Gasteiger partial charge in [-0.2, -0.15) is 0 Å². The number of carbonyl (C=O) groups excluding carboxylic acids is 1. The van der Waals surface area contributed by atoms with Crippen LogP contribution < -0.4 is 10.2 Å². The van der Waals surface area contributed by atoms with Crippen LogP contribution in [-0.2, 0) is 0 Å². The maximum absolute atomic E-state index is 12.1. The highest BCUT2D eigenvalue weighted by Gasteiger charge is 2.18. The van der Waals surface area contributed by atoms with Crippen molar-refractivity contribution in [2.75, 3.05) is 36.4 Å². The van der Waals surface area contributed by atoms with E-state index in [-0.39, 0.29) is 6.03 Å². The van der Waals surface area contributed by atoms with Gasteiger partial charge in [0, 0.05) is 37.6 Å². The summed E-state index contributed by atoms with van der Waals surface area (Å²) in [5.74, 6) is 0. The van der Waals surface area contributed by atoms with Crippen LogP contribution in [-0.4, -0.2) is 37.1 Å². The third kappa shape index (κ3) is 3.06. The monoisotopic (exact) mass is 273 g/mol. The number of rotatable bonds is 2. The van der Waals surface area contributed by atoms with Gasteiger partial charge in [0.05, 0.1) is 0 Å². The number of nitrogens with one attached hydrogen (secondary N) is 1. The van der Waals surface area contributed by atoms with Crippen LogP contribution in [0.5, 0.6) is 0 Å². The summed E-state index contributed by atoms with van der Waals surface area (Å²) in [6.07, 6.45) is 6.12. The summed E-state index contributed by atoms with van der Waals surface area (Å²) in [6, 6.07) is 8.28. The fraction of sp³-hybridized carbons (Fsp3) is 0.562. The molecule has 3 rings (SSSR count). The first-order valence-electron chi connectivity index (χ1n) is 7.74. The van der Waals surface area contributed by atoms with Crippen LogP contribution >= 0.6 is 0 Å². The zero-order valence-electron chi connectivity index (χ0n) is 12.0. The van der Waals surface area contributed by atoms with Crippen LogP contribution in [0.1, 0.15) is 32.1 Å². The Balaban J connectivity index is 1.65. The summed E-state index contributed by atoms with van der Waals surface area (Å²) in [4.78, 5) is 16.4. The lowest BCUT2D eigenvalue weighted by Gasteiger charge is -2.29. The predicted molar refractivity (Wildman–Crippen MR) is 82.3 cm³/mol. The Morgan fingerprint density at radius 2 is 1.65 bits per heavy atom. The topological polar surface area (TPSA) is 35.6 Å². The number of anilines is 2. The molecule has 1 aromatic carbocycles. The van der Waals surface area contributed by atoms with Crippen LogP contribution in [0.25, 0.3) is 0 Å². The number of hydrogen-bond acceptors (Lipinski definition) is 2. The molecule has 2 amide bonds. The van der Waals surface area contributed by atoms with Crippen LogP contribution in [0.4, 0.5) is 16.2 Å². The van der Waals surface area contributed by atoms with Gasteiger partial charge in [0.2, 0.25) is 0 Å². The van der Waals surface area contributed by atoms with Gasteiger partial charge in [0.1, 0.15) is 0 Å². The Kier molecular flexibility index (Phi) is 4.09. The standard InChI is InChI=1S/C16H23N3O/c20-16(19-11-4-5-12-19)17-14-7-6-8-15(13-14)18-9-2-1-3-10-18/h6-8,13H,1-5,9-12H2,(H,17,20). The molecule has 108 valence electrons. The summed E-state index contributed by atoms with van der Waals surface area (Å²) in [5, 5.41) is 3.02. The van der Waals surface area contributed by atoms with E-state index in [4.69, 9.17) is 0 Å². The fourth-order valence-corrected chi connectivity index (χ4v) is 3.06. The van der Waals surface area contributed by atoms with Crippen LogP contribution in [0.2, 0.25) is 0 Å². The second kappa shape index (κ2) is 6.16. The minimum absolute atomic E-state index is 0.0401. The van der Waals surface area contributed by atoms with Crippen molar-refractivity contribution in [3.05, 3.63) is 24.3 Å². The smallest absolute Gasteiger partial charge is 0.321 e. The van der Waals surface area contributed by atoms with Gasteiger partial charge >= 0.3 is 6.03 Å². The molecule has 0 aromatic heterocycles. The molecular weight excluding hydrogens is 250 g/mol. The van der Waals surface area contributed by atoms with E-state index in [9.17, 15) is 4.79 Å². The van der Waals surface area contributed by atoms with E-state index in [0.29, 0.717) is 0 Å². The number of likely N-dealkylation sites (tertiary alicyclic amines) is 1. The minimum atomic E-state index is 0.0401. The molecule has 2 saturated heterocycles. The van der Waals surface area contributed by atoms with E-state index in [1.54, 1.807) is 0 Å². The van der Waals surface area contributed by atoms with Crippen molar-refractivity contribution in [2.45, 2.75) is 32.1 Å². The number of piperidine rings is 1. The van der Waals surface area contributed by atoms with Crippen molar-refractivity contribution in [3.8, 4) is 0 Å². The Bertz CT molecular complexity index is 463. The molecule has 0 spiro atoms. The lowest BCUT2D eigenvalue weighted by atomic mass is 10.1. The Labute approximate surface area is 120 Å². The average molecular weight is 273 g/mol. The van der Waals surface area contributed by atoms with Gasteiger partial charge < -0.3 is 15.1 Å². The maximum Gasteiger partial charge on any atom is 0.321 e. The van der Waals surface area contributed by atoms with Crippen molar-refractivity contribution in [2.24, 2.45) is 0 Å². The first-order chi connectivity index (χ1) is 9.83. The second-order valence-corrected chi connectivity index (χ2v) is 5.72. The summed E-state index contributed by atoms with van der Waals surface area (Å²) in [5.41, 5.74) is 2.13. The van der Waals surface area contributed by atoms with Crippen molar-refractivity contribution in [1.82, 2.24) is 4.90 Å². The van der Waals surface area contributed by atoms with Crippen molar-refractivity contribution in [3.63, 3.8) is 0 Å². The van der Waals surface area contributed by atoms with E-state index in [1.807, 2.05) is 17.0 Å². The lowest BCUT2D eigenvalue weighted by molar-refractivity contribution is 0.222. The molecule has 4 heteroatoms. The zero-order valence-corrected chi connectivity index (χ0v) is 12.0. The largest absolute Gasteiger partial charge is 0.371 e. The number of amides is 2. The molecule has 0 radical (unpaired) electrons. The highest BCUT2D eigenvalue weighted by molar-refractivity contribution is 5.90. The first kappa shape index (κ1) is 13.3. The molecule has 4 nitrogen and oxygen atoms in total. The van der Waals surface area contributed by atoms with Gasteiger partial charge in [0.25, 0.3) is 0 Å².